The summed E-state index contributed by atoms with van der Waals surface area (Å²) < 4.78 is 0. The number of carbonyl (C=O) groups excluding carboxylic acids is 1. The van der Waals surface area contributed by atoms with Crippen LogP contribution >= 0.6 is 11.6 Å². The van der Waals surface area contributed by atoms with Gasteiger partial charge in [0, 0.05) is 17.3 Å². The second-order valence-corrected chi connectivity index (χ2v) is 3.24. The lowest BCUT2D eigenvalue weighted by Crippen LogP contribution is -1.96. The summed E-state index contributed by atoms with van der Waals surface area (Å²) in [6, 6.07) is 1.80. The maximum atomic E-state index is 11.0. The van der Waals surface area contributed by atoms with Crippen molar-refractivity contribution in [3.63, 3.8) is 0 Å². The Morgan fingerprint density at radius 1 is 1.62 bits per heavy atom. The zero-order valence-corrected chi connectivity index (χ0v) is 8.35. The maximum absolute atomic E-state index is 11.0. The molecule has 0 aliphatic heterocycles. The van der Waals surface area contributed by atoms with Crippen molar-refractivity contribution in [1.29, 1.82) is 0 Å². The zero-order chi connectivity index (χ0) is 10.0. The third kappa shape index (κ3) is 2.16. The minimum Gasteiger partial charge on any atom is -0.295 e. The highest BCUT2D eigenvalue weighted by molar-refractivity contribution is 6.33. The molecule has 2 nitrogen and oxygen atoms in total. The molecule has 0 radical (unpaired) electrons. The SMILES string of the molecule is C=C(C(C)=O)c1cc(C)cnc1Cl. The van der Waals surface area contributed by atoms with Crippen LogP contribution in [-0.2, 0) is 4.79 Å². The first-order chi connectivity index (χ1) is 6.02. The van der Waals surface area contributed by atoms with Crippen molar-refractivity contribution in [3.05, 3.63) is 35.1 Å². The van der Waals surface area contributed by atoms with Crippen LogP contribution in [0.5, 0.6) is 0 Å². The van der Waals surface area contributed by atoms with Crippen molar-refractivity contribution < 1.29 is 4.79 Å². The minimum absolute atomic E-state index is 0.0886. The molecule has 0 saturated heterocycles. The van der Waals surface area contributed by atoms with Crippen LogP contribution in [0.4, 0.5) is 0 Å². The van der Waals surface area contributed by atoms with Crippen LogP contribution in [0.25, 0.3) is 5.57 Å². The second kappa shape index (κ2) is 3.71. The number of carbonyl (C=O) groups is 1. The third-order valence-corrected chi connectivity index (χ3v) is 2.03. The summed E-state index contributed by atoms with van der Waals surface area (Å²) in [6.45, 7) is 7.00. The van der Waals surface area contributed by atoms with Crippen LogP contribution in [0.3, 0.4) is 0 Å². The summed E-state index contributed by atoms with van der Waals surface area (Å²) in [4.78, 5) is 15.0. The van der Waals surface area contributed by atoms with Crippen LogP contribution in [0.2, 0.25) is 5.15 Å². The van der Waals surface area contributed by atoms with E-state index in [1.807, 2.05) is 6.92 Å². The van der Waals surface area contributed by atoms with Crippen molar-refractivity contribution in [3.8, 4) is 0 Å². The molecule has 1 heterocycles. The number of aromatic nitrogens is 1. The summed E-state index contributed by atoms with van der Waals surface area (Å²) in [5.41, 5.74) is 1.98. The van der Waals surface area contributed by atoms with E-state index in [4.69, 9.17) is 11.6 Å². The van der Waals surface area contributed by atoms with Gasteiger partial charge < -0.3 is 0 Å². The Balaban J connectivity index is 3.21. The normalized spacial score (nSPS) is 9.77. The molecule has 0 bridgehead atoms. The smallest absolute Gasteiger partial charge is 0.159 e. The van der Waals surface area contributed by atoms with E-state index in [1.54, 1.807) is 12.3 Å². The van der Waals surface area contributed by atoms with Crippen molar-refractivity contribution >= 4 is 23.0 Å². The molecule has 1 aromatic rings. The highest BCUT2D eigenvalue weighted by atomic mass is 35.5. The number of nitrogens with zero attached hydrogens (tertiary/aromatic N) is 1. The molecule has 0 fully saturated rings. The molecule has 68 valence electrons. The Labute approximate surface area is 82.3 Å². The predicted molar refractivity (Wildman–Crippen MR) is 53.7 cm³/mol. The van der Waals surface area contributed by atoms with E-state index in [0.29, 0.717) is 16.3 Å². The number of rotatable bonds is 2. The Kier molecular flexibility index (Phi) is 2.83. The fourth-order valence-corrected chi connectivity index (χ4v) is 1.17. The third-order valence-electron chi connectivity index (χ3n) is 1.73. The molecule has 0 amide bonds. The number of halogens is 1. The lowest BCUT2D eigenvalue weighted by Gasteiger charge is -2.04. The van der Waals surface area contributed by atoms with Gasteiger partial charge in [-0.05, 0) is 25.5 Å². The van der Waals surface area contributed by atoms with E-state index in [1.165, 1.54) is 6.92 Å². The van der Waals surface area contributed by atoms with E-state index in [-0.39, 0.29) is 5.78 Å². The van der Waals surface area contributed by atoms with Crippen LogP contribution in [0, 0.1) is 6.92 Å². The lowest BCUT2D eigenvalue weighted by molar-refractivity contribution is -0.111. The predicted octanol–water partition coefficient (Wildman–Crippen LogP) is 2.65. The first-order valence-corrected chi connectivity index (χ1v) is 4.22. The fourth-order valence-electron chi connectivity index (χ4n) is 0.954. The van der Waals surface area contributed by atoms with E-state index in [2.05, 4.69) is 11.6 Å². The van der Waals surface area contributed by atoms with Gasteiger partial charge in [0.1, 0.15) is 5.15 Å². The molecule has 0 aromatic carbocycles. The maximum Gasteiger partial charge on any atom is 0.159 e. The first-order valence-electron chi connectivity index (χ1n) is 3.84. The highest BCUT2D eigenvalue weighted by Crippen LogP contribution is 2.21. The van der Waals surface area contributed by atoms with Gasteiger partial charge in [-0.3, -0.25) is 4.79 Å². The first kappa shape index (κ1) is 9.93. The van der Waals surface area contributed by atoms with Crippen LogP contribution in [-0.4, -0.2) is 10.8 Å². The van der Waals surface area contributed by atoms with Gasteiger partial charge in [0.15, 0.2) is 5.78 Å². The zero-order valence-electron chi connectivity index (χ0n) is 7.60. The highest BCUT2D eigenvalue weighted by Gasteiger charge is 2.09. The van der Waals surface area contributed by atoms with Crippen LogP contribution in [0.15, 0.2) is 18.8 Å². The fraction of sp³-hybridized carbons (Fsp3) is 0.200. The molecular formula is C10H10ClNO. The average Bonchev–Trinajstić information content (AvgIpc) is 2.08. The van der Waals surface area contributed by atoms with Crippen LogP contribution < -0.4 is 0 Å². The number of aryl methyl sites for hydroxylation is 1. The molecule has 1 rings (SSSR count). The van der Waals surface area contributed by atoms with Crippen molar-refractivity contribution in [2.24, 2.45) is 0 Å². The molecule has 0 N–H and O–H groups in total. The Morgan fingerprint density at radius 3 is 2.77 bits per heavy atom. The minimum atomic E-state index is -0.0886. The Bertz CT molecular complexity index is 371. The standard InChI is InChI=1S/C10H10ClNO/c1-6-4-9(7(2)8(3)13)10(11)12-5-6/h4-5H,2H2,1,3H3. The number of allylic oxidation sites excluding steroid dienone is 1. The number of ketones is 1. The van der Waals surface area contributed by atoms with Gasteiger partial charge in [0.25, 0.3) is 0 Å². The quantitative estimate of drug-likeness (QED) is 0.537. The number of pyridine rings is 1. The molecular weight excluding hydrogens is 186 g/mol. The number of hydrogen-bond donors (Lipinski definition) is 0. The van der Waals surface area contributed by atoms with Crippen molar-refractivity contribution in [2.45, 2.75) is 13.8 Å². The summed E-state index contributed by atoms with van der Waals surface area (Å²) >= 11 is 5.81. The van der Waals surface area contributed by atoms with Gasteiger partial charge in [-0.15, -0.1) is 0 Å². The molecule has 13 heavy (non-hydrogen) atoms. The number of hydrogen-bond acceptors (Lipinski definition) is 2. The van der Waals surface area contributed by atoms with Gasteiger partial charge >= 0.3 is 0 Å². The molecule has 3 heteroatoms. The van der Waals surface area contributed by atoms with Gasteiger partial charge in [-0.25, -0.2) is 4.98 Å². The average molecular weight is 196 g/mol. The number of Topliss-reactive ketones (excluding diaryl/α,β-unsaturated/α-hetero) is 1. The van der Waals surface area contributed by atoms with Gasteiger partial charge in [-0.1, -0.05) is 18.2 Å². The second-order valence-electron chi connectivity index (χ2n) is 2.89. The van der Waals surface area contributed by atoms with E-state index >= 15 is 0 Å². The lowest BCUT2D eigenvalue weighted by atomic mass is 10.1. The molecule has 0 aliphatic rings. The Morgan fingerprint density at radius 2 is 2.23 bits per heavy atom. The molecule has 0 saturated carbocycles. The monoisotopic (exact) mass is 195 g/mol. The van der Waals surface area contributed by atoms with Crippen molar-refractivity contribution in [2.75, 3.05) is 0 Å². The molecule has 0 unspecified atom stereocenters. The van der Waals surface area contributed by atoms with Gasteiger partial charge in [-0.2, -0.15) is 0 Å². The van der Waals surface area contributed by atoms with E-state index < -0.39 is 0 Å². The topological polar surface area (TPSA) is 30.0 Å². The molecule has 0 spiro atoms. The molecule has 0 atom stereocenters. The Hall–Kier alpha value is -1.15. The van der Waals surface area contributed by atoms with Crippen LogP contribution in [0.1, 0.15) is 18.1 Å². The summed E-state index contributed by atoms with van der Waals surface area (Å²) in [5, 5.41) is 0.325. The van der Waals surface area contributed by atoms with Gasteiger partial charge in [0.2, 0.25) is 0 Å². The molecule has 1 aromatic heterocycles. The largest absolute Gasteiger partial charge is 0.295 e. The summed E-state index contributed by atoms with van der Waals surface area (Å²) in [7, 11) is 0. The van der Waals surface area contributed by atoms with E-state index in [0.717, 1.165) is 5.56 Å². The molecule has 0 aliphatic carbocycles. The van der Waals surface area contributed by atoms with E-state index in [9.17, 15) is 4.79 Å². The van der Waals surface area contributed by atoms with Crippen molar-refractivity contribution in [1.82, 2.24) is 4.98 Å². The van der Waals surface area contributed by atoms with Gasteiger partial charge in [0.05, 0.1) is 0 Å². The summed E-state index contributed by atoms with van der Waals surface area (Å²) in [5.74, 6) is -0.0886. The summed E-state index contributed by atoms with van der Waals surface area (Å²) in [6.07, 6.45) is 1.65.